The summed E-state index contributed by atoms with van der Waals surface area (Å²) in [5.41, 5.74) is 2.12. The van der Waals surface area contributed by atoms with Gasteiger partial charge in [-0.3, -0.25) is 4.98 Å². The van der Waals surface area contributed by atoms with Crippen LogP contribution in [0.4, 0.5) is 0 Å². The molecule has 0 radical (unpaired) electrons. The minimum Gasteiger partial charge on any atom is -0.489 e. The summed E-state index contributed by atoms with van der Waals surface area (Å²) in [5.74, 6) is 0.883. The highest BCUT2D eigenvalue weighted by Gasteiger charge is 2.11. The van der Waals surface area contributed by atoms with Crippen molar-refractivity contribution in [3.8, 4) is 5.75 Å². The third-order valence-electron chi connectivity index (χ3n) is 2.25. The molecule has 1 rings (SSSR count). The molecule has 3 heteroatoms. The molecule has 0 spiro atoms. The number of hydrogen-bond donors (Lipinski definition) is 1. The predicted molar refractivity (Wildman–Crippen MR) is 71.3 cm³/mol. The summed E-state index contributed by atoms with van der Waals surface area (Å²) >= 11 is 0. The van der Waals surface area contributed by atoms with E-state index >= 15 is 0 Å². The van der Waals surface area contributed by atoms with Gasteiger partial charge in [-0.1, -0.05) is 12.7 Å². The van der Waals surface area contributed by atoms with E-state index < -0.39 is 0 Å². The highest BCUT2D eigenvalue weighted by Crippen LogP contribution is 2.19. The SMILES string of the molecule is C=CCOc1cc(C)ncc1CNC(C)(C)C. The molecule has 0 amide bonds. The van der Waals surface area contributed by atoms with E-state index in [1.165, 1.54) is 0 Å². The first kappa shape index (κ1) is 13.7. The number of aromatic nitrogens is 1. The van der Waals surface area contributed by atoms with E-state index in [9.17, 15) is 0 Å². The molecule has 0 saturated carbocycles. The number of aryl methyl sites for hydroxylation is 1. The van der Waals surface area contributed by atoms with Crippen LogP contribution in [-0.4, -0.2) is 17.1 Å². The molecular weight excluding hydrogens is 212 g/mol. The fraction of sp³-hybridized carbons (Fsp3) is 0.500. The van der Waals surface area contributed by atoms with Gasteiger partial charge in [0.1, 0.15) is 12.4 Å². The maximum atomic E-state index is 5.63. The summed E-state index contributed by atoms with van der Waals surface area (Å²) in [6.07, 6.45) is 3.61. The fourth-order valence-electron chi connectivity index (χ4n) is 1.34. The Labute approximate surface area is 104 Å². The lowest BCUT2D eigenvalue weighted by Crippen LogP contribution is -2.35. The van der Waals surface area contributed by atoms with Crippen LogP contribution in [0.1, 0.15) is 32.0 Å². The number of nitrogens with zero attached hydrogens (tertiary/aromatic N) is 1. The van der Waals surface area contributed by atoms with Crippen LogP contribution in [0.5, 0.6) is 5.75 Å². The molecule has 0 aromatic carbocycles. The van der Waals surface area contributed by atoms with Crippen LogP contribution in [-0.2, 0) is 6.54 Å². The lowest BCUT2D eigenvalue weighted by Gasteiger charge is -2.21. The van der Waals surface area contributed by atoms with Crippen molar-refractivity contribution in [1.82, 2.24) is 10.3 Å². The Hall–Kier alpha value is -1.35. The van der Waals surface area contributed by atoms with Crippen molar-refractivity contribution < 1.29 is 4.74 Å². The number of ether oxygens (including phenoxy) is 1. The summed E-state index contributed by atoms with van der Waals surface area (Å²) in [6.45, 7) is 13.3. The normalized spacial score (nSPS) is 11.3. The molecule has 0 fully saturated rings. The summed E-state index contributed by atoms with van der Waals surface area (Å²) in [4.78, 5) is 4.30. The van der Waals surface area contributed by atoms with E-state index in [4.69, 9.17) is 4.74 Å². The maximum Gasteiger partial charge on any atom is 0.127 e. The molecule has 94 valence electrons. The number of hydrogen-bond acceptors (Lipinski definition) is 3. The first-order chi connectivity index (χ1) is 7.92. The second-order valence-electron chi connectivity index (χ2n) is 5.14. The average Bonchev–Trinajstić information content (AvgIpc) is 2.23. The van der Waals surface area contributed by atoms with E-state index in [1.54, 1.807) is 6.08 Å². The molecule has 1 heterocycles. The molecule has 0 atom stereocenters. The van der Waals surface area contributed by atoms with Gasteiger partial charge in [-0.15, -0.1) is 0 Å². The molecule has 0 unspecified atom stereocenters. The number of rotatable bonds is 5. The Kier molecular flexibility index (Phi) is 4.70. The smallest absolute Gasteiger partial charge is 0.127 e. The second kappa shape index (κ2) is 5.82. The van der Waals surface area contributed by atoms with Crippen molar-refractivity contribution in [2.24, 2.45) is 0 Å². The minimum absolute atomic E-state index is 0.0839. The largest absolute Gasteiger partial charge is 0.489 e. The highest BCUT2D eigenvalue weighted by atomic mass is 16.5. The van der Waals surface area contributed by atoms with Crippen molar-refractivity contribution >= 4 is 0 Å². The topological polar surface area (TPSA) is 34.1 Å². The molecule has 3 nitrogen and oxygen atoms in total. The van der Waals surface area contributed by atoms with Gasteiger partial charge in [0.25, 0.3) is 0 Å². The van der Waals surface area contributed by atoms with Gasteiger partial charge in [-0.05, 0) is 27.7 Å². The molecule has 0 saturated heterocycles. The molecule has 0 aliphatic heterocycles. The molecule has 0 bridgehead atoms. The van der Waals surface area contributed by atoms with Crippen molar-refractivity contribution in [3.05, 3.63) is 36.2 Å². The van der Waals surface area contributed by atoms with Crippen molar-refractivity contribution in [2.45, 2.75) is 39.8 Å². The first-order valence-electron chi connectivity index (χ1n) is 5.86. The molecule has 1 aromatic rings. The van der Waals surface area contributed by atoms with Gasteiger partial charge in [0, 0.05) is 35.6 Å². The zero-order chi connectivity index (χ0) is 12.9. The number of pyridine rings is 1. The van der Waals surface area contributed by atoms with Gasteiger partial charge in [-0.25, -0.2) is 0 Å². The molecule has 0 aliphatic carbocycles. The Morgan fingerprint density at radius 3 is 2.76 bits per heavy atom. The average molecular weight is 234 g/mol. The Bertz CT molecular complexity index is 380. The predicted octanol–water partition coefficient (Wildman–Crippen LogP) is 2.84. The molecule has 1 N–H and O–H groups in total. The third kappa shape index (κ3) is 5.00. The maximum absolute atomic E-state index is 5.63. The van der Waals surface area contributed by atoms with Gasteiger partial charge in [0.2, 0.25) is 0 Å². The van der Waals surface area contributed by atoms with Crippen LogP contribution >= 0.6 is 0 Å². The summed E-state index contributed by atoms with van der Waals surface area (Å²) in [5, 5.41) is 3.43. The number of nitrogens with one attached hydrogen (secondary N) is 1. The minimum atomic E-state index is 0.0839. The van der Waals surface area contributed by atoms with Gasteiger partial charge in [0.05, 0.1) is 0 Å². The van der Waals surface area contributed by atoms with Crippen LogP contribution < -0.4 is 10.1 Å². The van der Waals surface area contributed by atoms with Crippen LogP contribution in [0.25, 0.3) is 0 Å². The van der Waals surface area contributed by atoms with Gasteiger partial charge in [-0.2, -0.15) is 0 Å². The van der Waals surface area contributed by atoms with E-state index in [-0.39, 0.29) is 5.54 Å². The van der Waals surface area contributed by atoms with Crippen molar-refractivity contribution in [2.75, 3.05) is 6.61 Å². The van der Waals surface area contributed by atoms with Crippen molar-refractivity contribution in [3.63, 3.8) is 0 Å². The van der Waals surface area contributed by atoms with E-state index in [1.807, 2.05) is 19.2 Å². The lowest BCUT2D eigenvalue weighted by molar-refractivity contribution is 0.351. The Morgan fingerprint density at radius 2 is 2.18 bits per heavy atom. The highest BCUT2D eigenvalue weighted by molar-refractivity contribution is 5.33. The van der Waals surface area contributed by atoms with E-state index in [0.29, 0.717) is 6.61 Å². The van der Waals surface area contributed by atoms with Crippen LogP contribution in [0.15, 0.2) is 24.9 Å². The molecular formula is C14H22N2O. The lowest BCUT2D eigenvalue weighted by atomic mass is 10.1. The fourth-order valence-corrected chi connectivity index (χ4v) is 1.34. The van der Waals surface area contributed by atoms with Crippen molar-refractivity contribution in [1.29, 1.82) is 0 Å². The standard InChI is InChI=1S/C14H22N2O/c1-6-7-17-13-8-11(2)15-9-12(13)10-16-14(3,4)5/h6,8-9,16H,1,7,10H2,2-5H3. The second-order valence-corrected chi connectivity index (χ2v) is 5.14. The van der Waals surface area contributed by atoms with E-state index in [0.717, 1.165) is 23.6 Å². The van der Waals surface area contributed by atoms with Gasteiger partial charge >= 0.3 is 0 Å². The van der Waals surface area contributed by atoms with Crippen LogP contribution in [0.2, 0.25) is 0 Å². The quantitative estimate of drug-likeness (QED) is 0.795. The van der Waals surface area contributed by atoms with E-state index in [2.05, 4.69) is 37.7 Å². The van der Waals surface area contributed by atoms with Gasteiger partial charge in [0.15, 0.2) is 0 Å². The Morgan fingerprint density at radius 1 is 1.47 bits per heavy atom. The summed E-state index contributed by atoms with van der Waals surface area (Å²) in [6, 6.07) is 1.96. The zero-order valence-corrected chi connectivity index (χ0v) is 11.2. The third-order valence-corrected chi connectivity index (χ3v) is 2.25. The molecule has 17 heavy (non-hydrogen) atoms. The van der Waals surface area contributed by atoms with Gasteiger partial charge < -0.3 is 10.1 Å². The van der Waals surface area contributed by atoms with Crippen LogP contribution in [0.3, 0.4) is 0 Å². The Balaban J connectivity index is 2.78. The first-order valence-corrected chi connectivity index (χ1v) is 5.86. The molecule has 0 aliphatic rings. The molecule has 1 aromatic heterocycles. The monoisotopic (exact) mass is 234 g/mol. The summed E-state index contributed by atoms with van der Waals surface area (Å²) in [7, 11) is 0. The zero-order valence-electron chi connectivity index (χ0n) is 11.2. The van der Waals surface area contributed by atoms with Crippen LogP contribution in [0, 0.1) is 6.92 Å². The summed E-state index contributed by atoms with van der Waals surface area (Å²) < 4.78 is 5.63.